The molecule has 180 valence electrons. The van der Waals surface area contributed by atoms with E-state index in [1.807, 2.05) is 43.3 Å². The van der Waals surface area contributed by atoms with E-state index in [2.05, 4.69) is 4.98 Å². The first-order valence-corrected chi connectivity index (χ1v) is 11.9. The summed E-state index contributed by atoms with van der Waals surface area (Å²) < 4.78 is 28.9. The van der Waals surface area contributed by atoms with Crippen molar-refractivity contribution in [2.24, 2.45) is 0 Å². The summed E-state index contributed by atoms with van der Waals surface area (Å²) in [5, 5.41) is 11.5. The second-order valence-corrected chi connectivity index (χ2v) is 9.48. The fraction of sp³-hybridized carbons (Fsp3) is 0.107. The van der Waals surface area contributed by atoms with Gasteiger partial charge in [-0.2, -0.15) is 0 Å². The largest absolute Gasteiger partial charge is 0.503 e. The van der Waals surface area contributed by atoms with Crippen LogP contribution in [0.3, 0.4) is 0 Å². The Hall–Kier alpha value is -4.17. The maximum absolute atomic E-state index is 14.8. The molecule has 5 rings (SSSR count). The van der Waals surface area contributed by atoms with Crippen LogP contribution in [0.25, 0.3) is 10.6 Å². The van der Waals surface area contributed by atoms with Crippen LogP contribution in [0.5, 0.6) is 0 Å². The number of benzene rings is 3. The third-order valence-corrected chi connectivity index (χ3v) is 7.21. The van der Waals surface area contributed by atoms with Crippen LogP contribution in [0.4, 0.5) is 14.5 Å². The van der Waals surface area contributed by atoms with Crippen LogP contribution in [-0.4, -0.2) is 21.8 Å². The third-order valence-electron chi connectivity index (χ3n) is 6.00. The number of aromatic nitrogens is 1. The molecule has 0 spiro atoms. The maximum Gasteiger partial charge on any atom is 0.294 e. The number of hydrogen-bond donors (Lipinski definition) is 1. The lowest BCUT2D eigenvalue weighted by atomic mass is 9.94. The molecule has 0 bridgehead atoms. The Morgan fingerprint density at radius 3 is 2.47 bits per heavy atom. The van der Waals surface area contributed by atoms with Gasteiger partial charge in [-0.25, -0.2) is 13.8 Å². The molecular formula is C28H20F2N2O3S. The van der Waals surface area contributed by atoms with Crippen molar-refractivity contribution in [3.05, 3.63) is 117 Å². The number of hydrogen-bond acceptors (Lipinski definition) is 5. The van der Waals surface area contributed by atoms with Crippen LogP contribution in [0.2, 0.25) is 0 Å². The summed E-state index contributed by atoms with van der Waals surface area (Å²) in [7, 11) is 0. The van der Waals surface area contributed by atoms with Gasteiger partial charge in [0.15, 0.2) is 5.76 Å². The summed E-state index contributed by atoms with van der Waals surface area (Å²) in [6, 6.07) is 17.9. The number of halogens is 2. The minimum Gasteiger partial charge on any atom is -0.503 e. The lowest BCUT2D eigenvalue weighted by Gasteiger charge is -2.27. The molecule has 1 aliphatic rings. The van der Waals surface area contributed by atoms with Crippen molar-refractivity contribution in [2.45, 2.75) is 19.9 Å². The zero-order valence-corrected chi connectivity index (χ0v) is 20.1. The molecule has 0 saturated heterocycles. The predicted octanol–water partition coefficient (Wildman–Crippen LogP) is 6.49. The van der Waals surface area contributed by atoms with Crippen molar-refractivity contribution in [3.8, 4) is 10.6 Å². The molecule has 1 atom stereocenters. The molecule has 1 unspecified atom stereocenters. The van der Waals surface area contributed by atoms with Gasteiger partial charge in [-0.05, 0) is 31.5 Å². The number of thiazole rings is 1. The minimum atomic E-state index is -1.16. The topological polar surface area (TPSA) is 70.5 Å². The highest BCUT2D eigenvalue weighted by atomic mass is 32.1. The van der Waals surface area contributed by atoms with Crippen molar-refractivity contribution in [3.63, 3.8) is 0 Å². The number of nitrogens with zero attached hydrogens (tertiary/aromatic N) is 2. The smallest absolute Gasteiger partial charge is 0.294 e. The summed E-state index contributed by atoms with van der Waals surface area (Å²) in [6.07, 6.45) is 0. The summed E-state index contributed by atoms with van der Waals surface area (Å²) in [6.45, 7) is 3.51. The molecule has 1 aromatic heterocycles. The van der Waals surface area contributed by atoms with E-state index >= 15 is 0 Å². The van der Waals surface area contributed by atoms with Crippen molar-refractivity contribution in [2.75, 3.05) is 4.90 Å². The number of aryl methyl sites for hydroxylation is 2. The summed E-state index contributed by atoms with van der Waals surface area (Å²) in [4.78, 5) is 32.8. The number of amides is 1. The number of Topliss-reactive ketones (excluding diaryl/α,β-unsaturated/α-hetero) is 1. The fourth-order valence-corrected chi connectivity index (χ4v) is 5.37. The lowest BCUT2D eigenvalue weighted by Crippen LogP contribution is -2.32. The molecular weight excluding hydrogens is 482 g/mol. The standard InChI is InChI=1S/C28H20F2N2O3S/c1-15-7-6-10-18(13-15)23-22(25(34)28(35)32(23)21-14-19(29)11-12-20(21)30)24(33)26-16(2)31-27(36-26)17-8-4-3-5-9-17/h3-14,23,34H,1-2H3. The van der Waals surface area contributed by atoms with Gasteiger partial charge in [-0.1, -0.05) is 60.2 Å². The number of carbonyl (C=O) groups is 2. The second-order valence-electron chi connectivity index (χ2n) is 8.48. The van der Waals surface area contributed by atoms with E-state index < -0.39 is 35.1 Å². The average Bonchev–Trinajstić information content (AvgIpc) is 3.38. The molecule has 0 aliphatic carbocycles. The average molecular weight is 503 g/mol. The molecule has 0 fully saturated rings. The predicted molar refractivity (Wildman–Crippen MR) is 134 cm³/mol. The second kappa shape index (κ2) is 9.13. The van der Waals surface area contributed by atoms with E-state index in [0.717, 1.165) is 45.6 Å². The highest BCUT2D eigenvalue weighted by Gasteiger charge is 2.46. The first-order chi connectivity index (χ1) is 17.3. The molecule has 1 N–H and O–H groups in total. The van der Waals surface area contributed by atoms with Crippen LogP contribution < -0.4 is 4.90 Å². The van der Waals surface area contributed by atoms with E-state index in [1.165, 1.54) is 0 Å². The van der Waals surface area contributed by atoms with E-state index in [0.29, 0.717) is 16.3 Å². The Morgan fingerprint density at radius 1 is 1.00 bits per heavy atom. The molecule has 5 nitrogen and oxygen atoms in total. The SMILES string of the molecule is Cc1cccc(C2C(C(=O)c3sc(-c4ccccc4)nc3C)=C(O)C(=O)N2c2cc(F)ccc2F)c1. The molecule has 2 heterocycles. The molecule has 8 heteroatoms. The van der Waals surface area contributed by atoms with Crippen LogP contribution in [0.15, 0.2) is 84.1 Å². The van der Waals surface area contributed by atoms with Gasteiger partial charge in [0.05, 0.1) is 27.9 Å². The van der Waals surface area contributed by atoms with Gasteiger partial charge < -0.3 is 5.11 Å². The number of aliphatic hydroxyl groups excluding tert-OH is 1. The summed E-state index contributed by atoms with van der Waals surface area (Å²) >= 11 is 1.14. The van der Waals surface area contributed by atoms with E-state index in [4.69, 9.17) is 0 Å². The summed E-state index contributed by atoms with van der Waals surface area (Å²) in [5.74, 6) is -4.00. The molecule has 4 aromatic rings. The Bertz CT molecular complexity index is 1550. The quantitative estimate of drug-likeness (QED) is 0.317. The van der Waals surface area contributed by atoms with Crippen molar-refractivity contribution in [1.82, 2.24) is 4.98 Å². The van der Waals surface area contributed by atoms with Crippen LogP contribution in [0, 0.1) is 25.5 Å². The Morgan fingerprint density at radius 2 is 1.75 bits per heavy atom. The number of anilines is 1. The summed E-state index contributed by atoms with van der Waals surface area (Å²) in [5.41, 5.74) is 1.99. The number of carbonyl (C=O) groups excluding carboxylic acids is 2. The van der Waals surface area contributed by atoms with E-state index in [1.54, 1.807) is 25.1 Å². The van der Waals surface area contributed by atoms with Gasteiger partial charge in [-0.15, -0.1) is 11.3 Å². The number of rotatable bonds is 5. The van der Waals surface area contributed by atoms with Gasteiger partial charge >= 0.3 is 0 Å². The first-order valence-electron chi connectivity index (χ1n) is 11.1. The lowest BCUT2D eigenvalue weighted by molar-refractivity contribution is -0.117. The molecule has 1 aliphatic heterocycles. The molecule has 0 saturated carbocycles. The number of ketones is 1. The van der Waals surface area contributed by atoms with Gasteiger partial charge in [0.2, 0.25) is 5.78 Å². The molecule has 1 amide bonds. The molecule has 36 heavy (non-hydrogen) atoms. The maximum atomic E-state index is 14.8. The zero-order chi connectivity index (χ0) is 25.6. The Labute approximate surface area is 210 Å². The van der Waals surface area contributed by atoms with Crippen LogP contribution in [0.1, 0.15) is 32.5 Å². The Kier molecular flexibility index (Phi) is 5.97. The van der Waals surface area contributed by atoms with Crippen molar-refractivity contribution < 1.29 is 23.5 Å². The van der Waals surface area contributed by atoms with Crippen molar-refractivity contribution in [1.29, 1.82) is 0 Å². The highest BCUT2D eigenvalue weighted by Crippen LogP contribution is 2.44. The van der Waals surface area contributed by atoms with Gasteiger partial charge in [0, 0.05) is 11.6 Å². The van der Waals surface area contributed by atoms with Crippen LogP contribution in [-0.2, 0) is 4.79 Å². The van der Waals surface area contributed by atoms with Gasteiger partial charge in [0.25, 0.3) is 5.91 Å². The number of aliphatic hydroxyl groups is 1. The van der Waals surface area contributed by atoms with Gasteiger partial charge in [0.1, 0.15) is 16.6 Å². The highest BCUT2D eigenvalue weighted by molar-refractivity contribution is 7.17. The van der Waals surface area contributed by atoms with Crippen molar-refractivity contribution >= 4 is 28.7 Å². The monoisotopic (exact) mass is 502 g/mol. The first kappa shape index (κ1) is 23.6. The van der Waals surface area contributed by atoms with Gasteiger partial charge in [-0.3, -0.25) is 14.5 Å². The fourth-order valence-electron chi connectivity index (χ4n) is 4.35. The van der Waals surface area contributed by atoms with E-state index in [9.17, 15) is 23.5 Å². The molecule has 0 radical (unpaired) electrons. The third kappa shape index (κ3) is 3.99. The van der Waals surface area contributed by atoms with E-state index in [-0.39, 0.29) is 16.1 Å². The minimum absolute atomic E-state index is 0.208. The Balaban J connectivity index is 1.67. The zero-order valence-electron chi connectivity index (χ0n) is 19.3. The molecule has 3 aromatic carbocycles. The normalized spacial score (nSPS) is 15.6. The van der Waals surface area contributed by atoms with Crippen LogP contribution >= 0.6 is 11.3 Å².